The number of fused-ring (bicyclic) bond motifs is 2. The number of carbonyl (C=O) groups is 1. The van der Waals surface area contributed by atoms with E-state index < -0.39 is 11.7 Å². The maximum Gasteiger partial charge on any atom is 0.416 e. The van der Waals surface area contributed by atoms with Gasteiger partial charge in [-0.3, -0.25) is 4.79 Å². The van der Waals surface area contributed by atoms with Gasteiger partial charge in [-0.15, -0.1) is 12.4 Å². The molecule has 0 saturated carbocycles. The van der Waals surface area contributed by atoms with Crippen molar-refractivity contribution in [1.82, 2.24) is 5.32 Å². The van der Waals surface area contributed by atoms with Crippen molar-refractivity contribution in [3.8, 4) is 0 Å². The second kappa shape index (κ2) is 7.31. The zero-order chi connectivity index (χ0) is 16.6. The van der Waals surface area contributed by atoms with Crippen LogP contribution < -0.4 is 10.6 Å². The largest absolute Gasteiger partial charge is 0.416 e. The van der Waals surface area contributed by atoms with Gasteiger partial charge in [0.1, 0.15) is 0 Å². The molecule has 2 atom stereocenters. The number of carbonyl (C=O) groups excluding carboxylic acids is 1. The van der Waals surface area contributed by atoms with Gasteiger partial charge in [0.15, 0.2) is 0 Å². The Morgan fingerprint density at radius 1 is 1.25 bits per heavy atom. The summed E-state index contributed by atoms with van der Waals surface area (Å²) in [6.45, 7) is 1.39. The molecule has 2 saturated heterocycles. The molecule has 2 bridgehead atoms. The van der Waals surface area contributed by atoms with E-state index in [9.17, 15) is 18.0 Å². The summed E-state index contributed by atoms with van der Waals surface area (Å²) in [6.07, 6.45) is 0.255. The van der Waals surface area contributed by atoms with Gasteiger partial charge in [0.25, 0.3) is 0 Å². The molecule has 3 nitrogen and oxygen atoms in total. The molecule has 7 heteroatoms. The van der Waals surface area contributed by atoms with E-state index in [1.54, 1.807) is 0 Å². The van der Waals surface area contributed by atoms with Crippen LogP contribution in [0, 0.1) is 12.8 Å². The summed E-state index contributed by atoms with van der Waals surface area (Å²) in [5.74, 6) is 0.124. The minimum atomic E-state index is -4.40. The van der Waals surface area contributed by atoms with E-state index >= 15 is 0 Å². The predicted octanol–water partition coefficient (Wildman–Crippen LogP) is 4.29. The summed E-state index contributed by atoms with van der Waals surface area (Å²) in [5.41, 5.74) is -0.379. The van der Waals surface area contributed by atoms with E-state index in [1.807, 2.05) is 0 Å². The first-order chi connectivity index (χ1) is 10.8. The van der Waals surface area contributed by atoms with E-state index in [-0.39, 0.29) is 29.6 Å². The maximum absolute atomic E-state index is 12.9. The number of benzene rings is 1. The summed E-state index contributed by atoms with van der Waals surface area (Å²) in [5, 5.41) is 6.18. The van der Waals surface area contributed by atoms with Crippen LogP contribution in [-0.2, 0) is 11.0 Å². The van der Waals surface area contributed by atoms with Crippen molar-refractivity contribution in [2.75, 3.05) is 5.32 Å². The SMILES string of the molecule is Cc1c(NC(=O)CC2CC3CCC(C2)N3)cccc1C(F)(F)F.Cl. The van der Waals surface area contributed by atoms with Gasteiger partial charge >= 0.3 is 6.18 Å². The fourth-order valence-electron chi connectivity index (χ4n) is 3.88. The zero-order valence-electron chi connectivity index (χ0n) is 13.5. The fraction of sp³-hybridized carbons (Fsp3) is 0.588. The average molecular weight is 363 g/mol. The van der Waals surface area contributed by atoms with Gasteiger partial charge < -0.3 is 10.6 Å². The molecule has 3 rings (SSSR count). The molecule has 24 heavy (non-hydrogen) atoms. The van der Waals surface area contributed by atoms with E-state index in [2.05, 4.69) is 10.6 Å². The number of piperidine rings is 1. The molecule has 1 amide bonds. The summed E-state index contributed by atoms with van der Waals surface area (Å²) >= 11 is 0. The maximum atomic E-state index is 12.9. The first-order valence-electron chi connectivity index (χ1n) is 8.05. The first kappa shape index (κ1) is 19.1. The molecule has 2 N–H and O–H groups in total. The van der Waals surface area contributed by atoms with Crippen LogP contribution in [0.25, 0.3) is 0 Å². The molecule has 0 spiro atoms. The predicted molar refractivity (Wildman–Crippen MR) is 89.3 cm³/mol. The van der Waals surface area contributed by atoms with Crippen molar-refractivity contribution in [1.29, 1.82) is 0 Å². The molecule has 2 unspecified atom stereocenters. The molecule has 0 aliphatic carbocycles. The Morgan fingerprint density at radius 2 is 1.88 bits per heavy atom. The topological polar surface area (TPSA) is 41.1 Å². The van der Waals surface area contributed by atoms with Gasteiger partial charge in [-0.05, 0) is 56.2 Å². The molecule has 134 valence electrons. The summed E-state index contributed by atoms with van der Waals surface area (Å²) in [7, 11) is 0. The van der Waals surface area contributed by atoms with Gasteiger partial charge in [0.2, 0.25) is 5.91 Å². The molecule has 0 aromatic heterocycles. The highest BCUT2D eigenvalue weighted by atomic mass is 35.5. The van der Waals surface area contributed by atoms with E-state index in [4.69, 9.17) is 0 Å². The van der Waals surface area contributed by atoms with E-state index in [1.165, 1.54) is 19.1 Å². The monoisotopic (exact) mass is 362 g/mol. The lowest BCUT2D eigenvalue weighted by Crippen LogP contribution is -2.39. The van der Waals surface area contributed by atoms with Crippen LogP contribution in [0.1, 0.15) is 43.2 Å². The smallest absolute Gasteiger partial charge is 0.326 e. The van der Waals surface area contributed by atoms with Gasteiger partial charge in [-0.2, -0.15) is 13.2 Å². The lowest BCUT2D eigenvalue weighted by molar-refractivity contribution is -0.138. The minimum Gasteiger partial charge on any atom is -0.326 e. The Kier molecular flexibility index (Phi) is 5.81. The number of amides is 1. The highest BCUT2D eigenvalue weighted by Crippen LogP contribution is 2.35. The number of nitrogens with one attached hydrogen (secondary N) is 2. The number of hydrogen-bond donors (Lipinski definition) is 2. The Morgan fingerprint density at radius 3 is 2.46 bits per heavy atom. The molecule has 2 fully saturated rings. The van der Waals surface area contributed by atoms with Crippen molar-refractivity contribution in [3.63, 3.8) is 0 Å². The Balaban J connectivity index is 0.00000208. The standard InChI is InChI=1S/C17H21F3N2O.ClH/c1-10-14(17(18,19)20)3-2-4-15(10)22-16(23)9-11-7-12-5-6-13(8-11)21-12;/h2-4,11-13,21H,5-9H2,1H3,(H,22,23);1H. The number of anilines is 1. The summed E-state index contributed by atoms with van der Waals surface area (Å²) in [4.78, 5) is 12.2. The van der Waals surface area contributed by atoms with Crippen molar-refractivity contribution in [2.24, 2.45) is 5.92 Å². The number of rotatable bonds is 3. The van der Waals surface area contributed by atoms with Crippen LogP contribution in [-0.4, -0.2) is 18.0 Å². The third-order valence-electron chi connectivity index (χ3n) is 4.96. The fourth-order valence-corrected chi connectivity index (χ4v) is 3.88. The number of halogens is 4. The van der Waals surface area contributed by atoms with Crippen LogP contribution in [0.3, 0.4) is 0 Å². The second-order valence-electron chi connectivity index (χ2n) is 6.70. The van der Waals surface area contributed by atoms with Crippen LogP contribution in [0.15, 0.2) is 18.2 Å². The highest BCUT2D eigenvalue weighted by molar-refractivity contribution is 5.91. The second-order valence-corrected chi connectivity index (χ2v) is 6.70. The molecular formula is C17H22ClF3N2O. The van der Waals surface area contributed by atoms with Crippen LogP contribution in [0.5, 0.6) is 0 Å². The third-order valence-corrected chi connectivity index (χ3v) is 4.96. The van der Waals surface area contributed by atoms with Gasteiger partial charge in [-0.1, -0.05) is 6.07 Å². The van der Waals surface area contributed by atoms with Crippen LogP contribution in [0.2, 0.25) is 0 Å². The lowest BCUT2D eigenvalue weighted by Gasteiger charge is -2.28. The van der Waals surface area contributed by atoms with Gasteiger partial charge in [-0.25, -0.2) is 0 Å². The van der Waals surface area contributed by atoms with E-state index in [0.717, 1.165) is 31.7 Å². The average Bonchev–Trinajstić information content (AvgIpc) is 2.79. The molecule has 2 aliphatic heterocycles. The summed E-state index contributed by atoms with van der Waals surface area (Å²) in [6, 6.07) is 4.89. The van der Waals surface area contributed by atoms with Crippen molar-refractivity contribution >= 4 is 24.0 Å². The Labute approximate surface area is 145 Å². The molecule has 2 aliphatic rings. The third kappa shape index (κ3) is 4.22. The van der Waals surface area contributed by atoms with Crippen LogP contribution >= 0.6 is 12.4 Å². The van der Waals surface area contributed by atoms with Crippen LogP contribution in [0.4, 0.5) is 18.9 Å². The van der Waals surface area contributed by atoms with Gasteiger partial charge in [0, 0.05) is 24.2 Å². The Bertz CT molecular complexity index is 594. The van der Waals surface area contributed by atoms with E-state index in [0.29, 0.717) is 24.4 Å². The molecule has 2 heterocycles. The van der Waals surface area contributed by atoms with Crippen molar-refractivity contribution in [3.05, 3.63) is 29.3 Å². The molecule has 0 radical (unpaired) electrons. The Hall–Kier alpha value is -1.27. The normalized spacial score (nSPS) is 25.9. The molecule has 1 aromatic carbocycles. The molecular weight excluding hydrogens is 341 g/mol. The van der Waals surface area contributed by atoms with Crippen molar-refractivity contribution < 1.29 is 18.0 Å². The highest BCUT2D eigenvalue weighted by Gasteiger charge is 2.35. The minimum absolute atomic E-state index is 0. The number of alkyl halides is 3. The molecule has 1 aromatic rings. The van der Waals surface area contributed by atoms with Gasteiger partial charge in [0.05, 0.1) is 5.56 Å². The zero-order valence-corrected chi connectivity index (χ0v) is 14.3. The number of hydrogen-bond acceptors (Lipinski definition) is 2. The first-order valence-corrected chi connectivity index (χ1v) is 8.05. The summed E-state index contributed by atoms with van der Waals surface area (Å²) < 4.78 is 38.7. The van der Waals surface area contributed by atoms with Crippen molar-refractivity contribution in [2.45, 2.75) is 57.3 Å². The quantitative estimate of drug-likeness (QED) is 0.842. The lowest BCUT2D eigenvalue weighted by atomic mass is 9.89.